The Morgan fingerprint density at radius 2 is 1.87 bits per heavy atom. The van der Waals surface area contributed by atoms with Crippen molar-refractivity contribution in [3.63, 3.8) is 0 Å². The van der Waals surface area contributed by atoms with E-state index in [0.717, 1.165) is 10.9 Å². The molecule has 0 atom stereocenters. The molecule has 0 unspecified atom stereocenters. The number of benzene rings is 1. The van der Waals surface area contributed by atoms with Crippen LogP contribution in [0.4, 0.5) is 0 Å². The number of nitrogens with zero attached hydrogens (tertiary/aromatic N) is 1. The zero-order valence-electron chi connectivity index (χ0n) is 8.34. The third-order valence-electron chi connectivity index (χ3n) is 2.45. The average Bonchev–Trinajstić information content (AvgIpc) is 2.51. The molecule has 1 aromatic heterocycles. The van der Waals surface area contributed by atoms with Gasteiger partial charge < -0.3 is 4.57 Å². The van der Waals surface area contributed by atoms with Crippen molar-refractivity contribution in [2.45, 2.75) is 6.92 Å². The maximum atomic E-state index is 11.4. The molecule has 0 fully saturated rings. The molecule has 0 radical (unpaired) electrons. The van der Waals surface area contributed by atoms with Crippen molar-refractivity contribution in [2.24, 2.45) is 7.05 Å². The molecular weight excluding hydrogens is 233 g/mol. The topological polar surface area (TPSA) is 22.0 Å². The number of halogens is 2. The molecule has 2 nitrogen and oxygen atoms in total. The maximum Gasteiger partial charge on any atom is 0.176 e. The smallest absolute Gasteiger partial charge is 0.176 e. The van der Waals surface area contributed by atoms with Gasteiger partial charge in [0.25, 0.3) is 0 Å². The third-order valence-corrected chi connectivity index (χ3v) is 3.09. The van der Waals surface area contributed by atoms with Crippen LogP contribution in [0.1, 0.15) is 17.4 Å². The van der Waals surface area contributed by atoms with Crippen LogP contribution in [0.3, 0.4) is 0 Å². The Labute approximate surface area is 97.4 Å². The van der Waals surface area contributed by atoms with E-state index in [2.05, 4.69) is 0 Å². The van der Waals surface area contributed by atoms with Gasteiger partial charge in [-0.1, -0.05) is 23.2 Å². The largest absolute Gasteiger partial charge is 0.340 e. The fraction of sp³-hybridized carbons (Fsp3) is 0.182. The first kappa shape index (κ1) is 10.5. The highest BCUT2D eigenvalue weighted by Gasteiger charge is 2.13. The van der Waals surface area contributed by atoms with E-state index in [0.29, 0.717) is 15.7 Å². The van der Waals surface area contributed by atoms with E-state index in [1.165, 1.54) is 6.92 Å². The van der Waals surface area contributed by atoms with E-state index in [-0.39, 0.29) is 5.78 Å². The molecule has 0 spiro atoms. The molecule has 15 heavy (non-hydrogen) atoms. The Bertz CT molecular complexity index is 557. The highest BCUT2D eigenvalue weighted by Crippen LogP contribution is 2.31. The van der Waals surface area contributed by atoms with Crippen LogP contribution in [0, 0.1) is 0 Å². The normalized spacial score (nSPS) is 10.9. The molecule has 2 aromatic rings. The van der Waals surface area contributed by atoms with Crippen molar-refractivity contribution < 1.29 is 4.79 Å². The highest BCUT2D eigenvalue weighted by atomic mass is 35.5. The molecule has 0 saturated heterocycles. The summed E-state index contributed by atoms with van der Waals surface area (Å²) in [6, 6.07) is 5.23. The van der Waals surface area contributed by atoms with E-state index >= 15 is 0 Å². The van der Waals surface area contributed by atoms with E-state index in [4.69, 9.17) is 23.2 Å². The van der Waals surface area contributed by atoms with Gasteiger partial charge in [0, 0.05) is 19.4 Å². The molecular formula is C11H9Cl2NO. The fourth-order valence-corrected chi connectivity index (χ4v) is 2.23. The Morgan fingerprint density at radius 3 is 2.40 bits per heavy atom. The summed E-state index contributed by atoms with van der Waals surface area (Å²) in [5, 5.41) is 2.03. The second kappa shape index (κ2) is 3.54. The van der Waals surface area contributed by atoms with Crippen LogP contribution in [0.5, 0.6) is 0 Å². The van der Waals surface area contributed by atoms with Crippen LogP contribution in [0.15, 0.2) is 18.2 Å². The summed E-state index contributed by atoms with van der Waals surface area (Å²) in [6.07, 6.45) is 0. The first-order valence-corrected chi connectivity index (χ1v) is 5.22. The Balaban J connectivity index is 2.93. The number of aromatic nitrogens is 1. The first-order chi connectivity index (χ1) is 7.02. The van der Waals surface area contributed by atoms with Crippen LogP contribution < -0.4 is 0 Å². The number of carbonyl (C=O) groups excluding carboxylic acids is 1. The van der Waals surface area contributed by atoms with Crippen molar-refractivity contribution in [1.29, 1.82) is 0 Å². The lowest BCUT2D eigenvalue weighted by molar-refractivity contribution is 0.101. The van der Waals surface area contributed by atoms with E-state index in [9.17, 15) is 4.79 Å². The molecule has 2 rings (SSSR count). The lowest BCUT2D eigenvalue weighted by atomic mass is 10.2. The molecule has 0 N–H and O–H groups in total. The number of carbonyl (C=O) groups is 1. The minimum absolute atomic E-state index is 0.000772. The predicted molar refractivity (Wildman–Crippen MR) is 62.9 cm³/mol. The molecule has 4 heteroatoms. The zero-order chi connectivity index (χ0) is 11.2. The second-order valence-corrected chi connectivity index (χ2v) is 4.25. The Kier molecular flexibility index (Phi) is 2.49. The molecule has 0 aliphatic rings. The summed E-state index contributed by atoms with van der Waals surface area (Å²) in [4.78, 5) is 11.4. The monoisotopic (exact) mass is 241 g/mol. The molecule has 1 aromatic carbocycles. The Morgan fingerprint density at radius 1 is 1.27 bits per heavy atom. The van der Waals surface area contributed by atoms with Crippen LogP contribution in [-0.4, -0.2) is 10.4 Å². The minimum Gasteiger partial charge on any atom is -0.340 e. The number of ketones is 1. The van der Waals surface area contributed by atoms with Crippen LogP contribution in [-0.2, 0) is 7.05 Å². The van der Waals surface area contributed by atoms with Crippen molar-refractivity contribution in [2.75, 3.05) is 0 Å². The number of hydrogen-bond donors (Lipinski definition) is 0. The van der Waals surface area contributed by atoms with Crippen molar-refractivity contribution in [3.8, 4) is 0 Å². The molecule has 0 amide bonds. The van der Waals surface area contributed by atoms with E-state index in [1.54, 1.807) is 29.8 Å². The summed E-state index contributed by atoms with van der Waals surface area (Å²) in [5.41, 5.74) is 1.41. The van der Waals surface area contributed by atoms with Crippen molar-refractivity contribution in [1.82, 2.24) is 4.57 Å². The fourth-order valence-electron chi connectivity index (χ4n) is 1.73. The average molecular weight is 242 g/mol. The third kappa shape index (κ3) is 1.54. The van der Waals surface area contributed by atoms with Gasteiger partial charge >= 0.3 is 0 Å². The van der Waals surface area contributed by atoms with Crippen molar-refractivity contribution >= 4 is 39.9 Å². The summed E-state index contributed by atoms with van der Waals surface area (Å²) < 4.78 is 1.77. The highest BCUT2D eigenvalue weighted by molar-refractivity contribution is 6.40. The number of rotatable bonds is 1. The number of aryl methyl sites for hydroxylation is 1. The molecule has 1 heterocycles. The van der Waals surface area contributed by atoms with E-state index in [1.807, 2.05) is 0 Å². The molecule has 0 aliphatic carbocycles. The van der Waals surface area contributed by atoms with Crippen molar-refractivity contribution in [3.05, 3.63) is 33.9 Å². The minimum atomic E-state index is 0.000772. The van der Waals surface area contributed by atoms with Crippen LogP contribution in [0.25, 0.3) is 10.9 Å². The van der Waals surface area contributed by atoms with E-state index < -0.39 is 0 Å². The number of hydrogen-bond acceptors (Lipinski definition) is 1. The van der Waals surface area contributed by atoms with Gasteiger partial charge in [-0.25, -0.2) is 0 Å². The molecule has 0 bridgehead atoms. The van der Waals surface area contributed by atoms with Gasteiger partial charge in [-0.3, -0.25) is 4.79 Å². The maximum absolute atomic E-state index is 11.4. The van der Waals surface area contributed by atoms with Gasteiger partial charge in [0.15, 0.2) is 5.78 Å². The predicted octanol–water partition coefficient (Wildman–Crippen LogP) is 3.69. The first-order valence-electron chi connectivity index (χ1n) is 4.46. The van der Waals surface area contributed by atoms with Gasteiger partial charge in [0.2, 0.25) is 0 Å². The summed E-state index contributed by atoms with van der Waals surface area (Å²) in [6.45, 7) is 1.52. The summed E-state index contributed by atoms with van der Waals surface area (Å²) in [5.74, 6) is 0.000772. The SMILES string of the molecule is CC(=O)c1cc2c(Cl)ccc(Cl)c2n1C. The van der Waals surface area contributed by atoms with Gasteiger partial charge in [0.05, 0.1) is 21.3 Å². The molecule has 0 saturated carbocycles. The van der Waals surface area contributed by atoms with Gasteiger partial charge in [-0.2, -0.15) is 0 Å². The second-order valence-electron chi connectivity index (χ2n) is 3.44. The van der Waals surface area contributed by atoms with Gasteiger partial charge in [0.1, 0.15) is 0 Å². The van der Waals surface area contributed by atoms with Crippen LogP contribution in [0.2, 0.25) is 10.0 Å². The Hall–Kier alpha value is -0.990. The standard InChI is InChI=1S/C11H9Cl2NO/c1-6(15)10-5-7-8(12)3-4-9(13)11(7)14(10)2/h3-5H,1-2H3. The zero-order valence-corrected chi connectivity index (χ0v) is 9.86. The molecule has 0 aliphatic heterocycles. The quantitative estimate of drug-likeness (QED) is 0.699. The van der Waals surface area contributed by atoms with Crippen LogP contribution >= 0.6 is 23.2 Å². The van der Waals surface area contributed by atoms with Gasteiger partial charge in [-0.05, 0) is 18.2 Å². The lowest BCUT2D eigenvalue weighted by Gasteiger charge is -2.02. The summed E-state index contributed by atoms with van der Waals surface area (Å²) in [7, 11) is 1.81. The number of Topliss-reactive ketones (excluding diaryl/α,β-unsaturated/α-hetero) is 1. The number of fused-ring (bicyclic) bond motifs is 1. The lowest BCUT2D eigenvalue weighted by Crippen LogP contribution is -2.00. The summed E-state index contributed by atoms with van der Waals surface area (Å²) >= 11 is 12.1. The van der Waals surface area contributed by atoms with Gasteiger partial charge in [-0.15, -0.1) is 0 Å². The molecule has 78 valence electrons.